The molecule has 0 spiro atoms. The van der Waals surface area contributed by atoms with E-state index in [9.17, 15) is 28.4 Å². The summed E-state index contributed by atoms with van der Waals surface area (Å²) in [7, 11) is 0. The highest BCUT2D eigenvalue weighted by Crippen LogP contribution is 2.45. The third kappa shape index (κ3) is 19.0. The van der Waals surface area contributed by atoms with Crippen LogP contribution in [0.15, 0.2) is 224 Å². The topological polar surface area (TPSA) is 283 Å². The second kappa shape index (κ2) is 37.8. The lowest BCUT2D eigenvalue weighted by Gasteiger charge is -2.34. The maximum atomic E-state index is 13.5. The summed E-state index contributed by atoms with van der Waals surface area (Å²) in [5, 5.41) is 75.1. The number of hydroxylamine groups is 1. The van der Waals surface area contributed by atoms with Crippen LogP contribution in [0.25, 0.3) is 137 Å². The minimum absolute atomic E-state index is 0.0458. The van der Waals surface area contributed by atoms with Gasteiger partial charge in [-0.3, -0.25) is 24.4 Å². The van der Waals surface area contributed by atoms with Crippen LogP contribution in [0, 0.1) is 53.3 Å². The number of tetrazole rings is 1. The number of benzene rings is 12. The molecule has 126 heavy (non-hydrogen) atoms. The zero-order valence-corrected chi connectivity index (χ0v) is 73.2. The number of carboxylic acid groups (broad SMARTS) is 4. The number of aliphatic carboxylic acids is 4. The first-order valence-electron chi connectivity index (χ1n) is 40.9. The molecular weight excluding hydrogens is 1700 g/mol. The van der Waals surface area contributed by atoms with E-state index >= 15 is 0 Å². The second-order valence-electron chi connectivity index (χ2n) is 31.8. The molecule has 0 unspecified atom stereocenters. The Hall–Kier alpha value is -13.1. The summed E-state index contributed by atoms with van der Waals surface area (Å²) in [6.45, 7) is 14.7. The number of nitrogens with one attached hydrogen (secondary N) is 2. The van der Waals surface area contributed by atoms with Crippen molar-refractivity contribution in [1.29, 1.82) is 0 Å². The molecule has 19 aromatic rings. The Balaban J connectivity index is 0.000000117. The molecule has 7 N–H and O–H groups in total. The Morgan fingerprint density at radius 1 is 0.405 bits per heavy atom. The van der Waals surface area contributed by atoms with Crippen molar-refractivity contribution in [1.82, 2.24) is 53.5 Å². The zero-order valence-electron chi connectivity index (χ0n) is 69.4. The average Bonchev–Trinajstić information content (AvgIpc) is 1.57. The molecule has 0 atom stereocenters. The van der Waals surface area contributed by atoms with Crippen LogP contribution in [0.4, 0.5) is 4.39 Å². The first kappa shape index (κ1) is 87.8. The first-order valence-corrected chi connectivity index (χ1v) is 42.8. The molecule has 0 radical (unpaired) electrons. The van der Waals surface area contributed by atoms with Gasteiger partial charge in [0.05, 0.1) is 23.4 Å². The van der Waals surface area contributed by atoms with Crippen molar-refractivity contribution in [2.75, 3.05) is 0 Å². The molecule has 7 heterocycles. The van der Waals surface area contributed by atoms with Crippen molar-refractivity contribution in [3.8, 4) is 0 Å². The van der Waals surface area contributed by atoms with E-state index in [1.807, 2.05) is 145 Å². The predicted molar refractivity (Wildman–Crippen MR) is 504 cm³/mol. The Morgan fingerprint density at radius 2 is 0.722 bits per heavy atom. The average molecular weight is 1790 g/mol. The molecular formula is C99H87Cl5FN11O10. The molecule has 0 saturated heterocycles. The number of aromatic amines is 1. The predicted octanol–water partition coefficient (Wildman–Crippen LogP) is 24.6. The summed E-state index contributed by atoms with van der Waals surface area (Å²) in [4.78, 5) is 54.7. The number of halogens is 6. The largest absolute Gasteiger partial charge is 0.481 e. The van der Waals surface area contributed by atoms with Crippen molar-refractivity contribution >= 4 is 225 Å². The third-order valence-corrected chi connectivity index (χ3v) is 24.1. The molecule has 0 aliphatic heterocycles. The van der Waals surface area contributed by atoms with Crippen LogP contribution in [0.2, 0.25) is 25.1 Å². The van der Waals surface area contributed by atoms with E-state index in [0.29, 0.717) is 54.0 Å². The van der Waals surface area contributed by atoms with Gasteiger partial charge in [-0.2, -0.15) is 5.21 Å². The molecule has 20 rings (SSSR count). The molecule has 1 aliphatic carbocycles. The number of H-pyrrole nitrogens is 1. The summed E-state index contributed by atoms with van der Waals surface area (Å²) in [6.07, 6.45) is 5.88. The molecule has 21 nitrogen and oxygen atoms in total. The normalized spacial score (nSPS) is 13.1. The van der Waals surface area contributed by atoms with Crippen LogP contribution < -0.4 is 5.48 Å². The first-order chi connectivity index (χ1) is 60.5. The molecule has 12 aromatic carbocycles. The number of aryl methyl sites for hydroxylation is 11. The Labute approximate surface area is 746 Å². The number of nitrogens with zero attached hydrogens (tertiary/aromatic N) is 9. The van der Waals surface area contributed by atoms with E-state index in [2.05, 4.69) is 139 Å². The number of carbonyl (C=O) groups excluding carboxylic acids is 1. The van der Waals surface area contributed by atoms with E-state index < -0.39 is 29.8 Å². The van der Waals surface area contributed by atoms with Gasteiger partial charge in [0.2, 0.25) is 5.91 Å². The lowest BCUT2D eigenvalue weighted by atomic mass is 9.80. The van der Waals surface area contributed by atoms with Gasteiger partial charge in [0.1, 0.15) is 5.82 Å². The summed E-state index contributed by atoms with van der Waals surface area (Å²) in [5.74, 6) is -3.42. The minimum atomic E-state index is -0.971. The van der Waals surface area contributed by atoms with Crippen molar-refractivity contribution in [3.05, 3.63) is 295 Å². The number of carbonyl (C=O) groups is 5. The van der Waals surface area contributed by atoms with Gasteiger partial charge in [-0.05, 0) is 243 Å². The smallest absolute Gasteiger partial charge is 0.329 e. The maximum Gasteiger partial charge on any atom is 0.329 e. The fraction of sp³-hybridized carbons (Fsp3) is 0.192. The molecule has 0 bridgehead atoms. The highest BCUT2D eigenvalue weighted by molar-refractivity contribution is 6.34. The van der Waals surface area contributed by atoms with Crippen molar-refractivity contribution in [2.24, 2.45) is 5.92 Å². The van der Waals surface area contributed by atoms with Crippen LogP contribution in [0.3, 0.4) is 0 Å². The lowest BCUT2D eigenvalue weighted by molar-refractivity contribution is -0.146. The minimum Gasteiger partial charge on any atom is -0.481 e. The van der Waals surface area contributed by atoms with E-state index in [0.717, 1.165) is 144 Å². The number of carboxylic acids is 4. The fourth-order valence-electron chi connectivity index (χ4n) is 17.1. The standard InChI is InChI=1S/C18H16ClNO2.C17H16ClNO2.C16H14ClN5.C16H15ClN2O2.C16H12ClNO2.C16H14FNO2/c1-10-2-4-16-14(6-10)15-9-12(19)3-5-17(15)20(16)13-7-11(8-13)18(21)22;1-11-4-6-15-13(9-11)14-10-12(18)5-7-16(14)19(15)8-2-3-17(20)21;1-10-2-4-14-12(8-10)13-9-11(17)3-5-15(13)22(14)7-6-16-18-20-21-19-16;1-10-2-4-14-12(8-10)13-9-11(17)3-5-15(13)19(14)7-6-16(20)18-21;2*1-10-2-4-14-12(8-10)13-9-11(17)3-5-15(13)18(14)7-6-16(19)20/h2-6,9,11,13H,7-8H2,1H3,(H,21,22);4-7,9-10H,2-3,8H2,1H3,(H,20,21);2-5,8-9H,6-7H2,1H3,(H,18,19,20,21);2-5,8-9,21H,6-7H2,1H3,(H,18,20);2-9H,1H3,(H,19,20);2-5,8-9H,6-7H2,1H3,(H,19,20)/b;;;;7-6+;. The van der Waals surface area contributed by atoms with E-state index in [4.69, 9.17) is 83.6 Å². The van der Waals surface area contributed by atoms with Crippen LogP contribution >= 0.6 is 58.0 Å². The number of rotatable bonds is 17. The van der Waals surface area contributed by atoms with Crippen molar-refractivity contribution in [2.45, 2.75) is 119 Å². The second-order valence-corrected chi connectivity index (χ2v) is 33.9. The summed E-state index contributed by atoms with van der Waals surface area (Å²) < 4.78 is 26.1. The van der Waals surface area contributed by atoms with Crippen LogP contribution in [0.1, 0.15) is 83.8 Å². The number of aromatic nitrogens is 10. The number of hydrogen-bond acceptors (Lipinski definition) is 9. The highest BCUT2D eigenvalue weighted by atomic mass is 35.5. The molecule has 1 aliphatic rings. The molecule has 1 amide bonds. The van der Waals surface area contributed by atoms with Crippen LogP contribution in [0.5, 0.6) is 0 Å². The Kier molecular flexibility index (Phi) is 26.3. The SMILES string of the molecule is Cc1ccc2c(c1)c1cc(Cl)ccc1n2/C=C/C(=O)O.Cc1ccc2c(c1)c1cc(Cl)ccc1n2C1CC(C(=O)O)C1.Cc1ccc2c(c1)c1cc(Cl)ccc1n2CCC(=O)NO.Cc1ccc2c(c1)c1cc(Cl)ccc1n2CCCC(=O)O.Cc1ccc2c(c1)c1cc(Cl)ccc1n2CCc1nn[nH]n1.Cc1ccc2c(c1)c1cc(F)ccc1n2CCC(=O)O. The van der Waals surface area contributed by atoms with Gasteiger partial charge >= 0.3 is 23.9 Å². The Morgan fingerprint density at radius 3 is 1.11 bits per heavy atom. The van der Waals surface area contributed by atoms with Gasteiger partial charge in [0.25, 0.3) is 0 Å². The molecule has 1 fully saturated rings. The highest BCUT2D eigenvalue weighted by Gasteiger charge is 2.37. The van der Waals surface area contributed by atoms with Crippen LogP contribution in [-0.2, 0) is 56.6 Å². The fourth-order valence-corrected chi connectivity index (χ4v) is 17.9. The summed E-state index contributed by atoms with van der Waals surface area (Å²) in [5.41, 5.74) is 21.5. The Bertz CT molecular complexity index is 7150. The van der Waals surface area contributed by atoms with Gasteiger partial charge in [-0.25, -0.2) is 14.7 Å². The van der Waals surface area contributed by atoms with Crippen molar-refractivity contribution in [3.63, 3.8) is 0 Å². The number of amides is 1. The maximum absolute atomic E-state index is 13.5. The summed E-state index contributed by atoms with van der Waals surface area (Å²) in [6, 6.07) is 71.6. The molecule has 1 saturated carbocycles. The third-order valence-electron chi connectivity index (χ3n) is 22.9. The van der Waals surface area contributed by atoms with Gasteiger partial charge in [-0.1, -0.05) is 133 Å². The zero-order chi connectivity index (χ0) is 89.1. The number of hydrogen-bond donors (Lipinski definition) is 7. The monoisotopic (exact) mass is 1780 g/mol. The summed E-state index contributed by atoms with van der Waals surface area (Å²) >= 11 is 30.7. The van der Waals surface area contributed by atoms with E-state index in [-0.39, 0.29) is 37.0 Å². The van der Waals surface area contributed by atoms with Crippen LogP contribution in [-0.4, -0.2) is 103 Å². The van der Waals surface area contributed by atoms with Gasteiger partial charge in [0.15, 0.2) is 5.82 Å². The molecule has 7 aromatic heterocycles. The van der Waals surface area contributed by atoms with Gasteiger partial charge < -0.3 is 47.8 Å². The lowest BCUT2D eigenvalue weighted by Crippen LogP contribution is -2.32. The van der Waals surface area contributed by atoms with Gasteiger partial charge in [-0.15, -0.1) is 10.2 Å². The van der Waals surface area contributed by atoms with E-state index in [1.165, 1.54) is 67.0 Å². The molecule has 27 heteroatoms. The van der Waals surface area contributed by atoms with E-state index in [1.54, 1.807) is 23.8 Å². The van der Waals surface area contributed by atoms with Gasteiger partial charge in [0, 0.05) is 209 Å². The number of fused-ring (bicyclic) bond motifs is 18. The van der Waals surface area contributed by atoms with Crippen molar-refractivity contribution < 1.29 is 54.0 Å². The quantitative estimate of drug-likeness (QED) is 0.0254. The molecule has 640 valence electrons.